The normalized spacial score (nSPS) is 9.93. The van der Waals surface area contributed by atoms with Gasteiger partial charge in [-0.1, -0.05) is 5.16 Å². The van der Waals surface area contributed by atoms with E-state index in [-0.39, 0.29) is 11.6 Å². The fourth-order valence-electron chi connectivity index (χ4n) is 0.960. The van der Waals surface area contributed by atoms with Gasteiger partial charge in [0.05, 0.1) is 0 Å². The Morgan fingerprint density at radius 2 is 2.27 bits per heavy atom. The zero-order valence-electron chi connectivity index (χ0n) is 7.48. The van der Waals surface area contributed by atoms with Crippen LogP contribution in [0.4, 0.5) is 5.82 Å². The molecule has 0 fully saturated rings. The molecule has 2 heterocycles. The Morgan fingerprint density at radius 1 is 1.40 bits per heavy atom. The van der Waals surface area contributed by atoms with Crippen LogP contribution >= 0.6 is 22.6 Å². The lowest BCUT2D eigenvalue weighted by Gasteiger charge is -2.00. The Hall–Kier alpha value is -1.44. The highest BCUT2D eigenvalue weighted by atomic mass is 127. The minimum atomic E-state index is -0.336. The maximum absolute atomic E-state index is 11.5. The quantitative estimate of drug-likeness (QED) is 0.860. The van der Waals surface area contributed by atoms with Crippen molar-refractivity contribution in [2.75, 3.05) is 5.32 Å². The molecule has 2 aromatic rings. The van der Waals surface area contributed by atoms with E-state index in [0.717, 1.165) is 3.57 Å². The Kier molecular flexibility index (Phi) is 2.95. The van der Waals surface area contributed by atoms with Crippen LogP contribution in [0.15, 0.2) is 35.2 Å². The number of hydrogen-bond acceptors (Lipinski definition) is 4. The van der Waals surface area contributed by atoms with Crippen molar-refractivity contribution < 1.29 is 9.32 Å². The summed E-state index contributed by atoms with van der Waals surface area (Å²) in [6.07, 6.45) is 3.01. The molecule has 5 nitrogen and oxygen atoms in total. The topological polar surface area (TPSA) is 68.0 Å². The smallest absolute Gasteiger partial charge is 0.278 e. The van der Waals surface area contributed by atoms with Gasteiger partial charge in [-0.25, -0.2) is 4.98 Å². The maximum Gasteiger partial charge on any atom is 0.278 e. The molecule has 0 bridgehead atoms. The van der Waals surface area contributed by atoms with Gasteiger partial charge in [-0.2, -0.15) is 0 Å². The molecule has 2 rings (SSSR count). The first kappa shape index (κ1) is 10.1. The Morgan fingerprint density at radius 3 is 2.87 bits per heavy atom. The van der Waals surface area contributed by atoms with Gasteiger partial charge in [0, 0.05) is 15.8 Å². The van der Waals surface area contributed by atoms with Crippen molar-refractivity contribution in [2.45, 2.75) is 0 Å². The van der Waals surface area contributed by atoms with Gasteiger partial charge in [-0.15, -0.1) is 0 Å². The van der Waals surface area contributed by atoms with Crippen molar-refractivity contribution in [1.29, 1.82) is 0 Å². The number of halogens is 1. The first-order chi connectivity index (χ1) is 7.25. The second kappa shape index (κ2) is 4.39. The van der Waals surface area contributed by atoms with Gasteiger partial charge < -0.3 is 9.84 Å². The number of aromatic nitrogens is 2. The predicted molar refractivity (Wildman–Crippen MR) is 61.4 cm³/mol. The molecule has 1 N–H and O–H groups in total. The second-order valence-electron chi connectivity index (χ2n) is 2.70. The fourth-order valence-corrected chi connectivity index (χ4v) is 1.28. The van der Waals surface area contributed by atoms with Crippen molar-refractivity contribution in [3.8, 4) is 0 Å². The summed E-state index contributed by atoms with van der Waals surface area (Å²) in [5.74, 6) is 0.154. The number of carbonyl (C=O) groups is 1. The molecule has 2 aromatic heterocycles. The van der Waals surface area contributed by atoms with Gasteiger partial charge in [0.1, 0.15) is 12.1 Å². The minimum absolute atomic E-state index is 0.232. The Labute approximate surface area is 99.0 Å². The number of anilines is 1. The highest BCUT2D eigenvalue weighted by molar-refractivity contribution is 14.1. The van der Waals surface area contributed by atoms with Gasteiger partial charge in [0.15, 0.2) is 5.69 Å². The maximum atomic E-state index is 11.5. The van der Waals surface area contributed by atoms with Crippen molar-refractivity contribution >= 4 is 34.3 Å². The molecular formula is C9H6IN3O2. The first-order valence-electron chi connectivity index (χ1n) is 4.09. The third-order valence-electron chi connectivity index (χ3n) is 1.64. The van der Waals surface area contributed by atoms with Crippen LogP contribution in [-0.2, 0) is 0 Å². The summed E-state index contributed by atoms with van der Waals surface area (Å²) in [4.78, 5) is 15.5. The number of rotatable bonds is 2. The van der Waals surface area contributed by atoms with Gasteiger partial charge in [0.2, 0.25) is 0 Å². The van der Waals surface area contributed by atoms with Crippen molar-refractivity contribution in [2.24, 2.45) is 0 Å². The number of nitrogens with one attached hydrogen (secondary N) is 1. The number of carbonyl (C=O) groups excluding carboxylic acids is 1. The lowest BCUT2D eigenvalue weighted by atomic mass is 10.4. The van der Waals surface area contributed by atoms with E-state index in [1.807, 2.05) is 6.07 Å². The number of amides is 1. The SMILES string of the molecule is O=C(Nc1ccc(I)cn1)c1ccon1. The third kappa shape index (κ3) is 2.52. The van der Waals surface area contributed by atoms with E-state index >= 15 is 0 Å². The Balaban J connectivity index is 2.09. The molecule has 0 aliphatic rings. The van der Waals surface area contributed by atoms with E-state index in [1.54, 1.807) is 12.3 Å². The van der Waals surface area contributed by atoms with Crippen LogP contribution in [0.2, 0.25) is 0 Å². The van der Waals surface area contributed by atoms with Crippen LogP contribution < -0.4 is 5.32 Å². The van der Waals surface area contributed by atoms with Gasteiger partial charge >= 0.3 is 0 Å². The van der Waals surface area contributed by atoms with Crippen molar-refractivity contribution in [3.63, 3.8) is 0 Å². The monoisotopic (exact) mass is 315 g/mol. The van der Waals surface area contributed by atoms with Crippen LogP contribution in [0.5, 0.6) is 0 Å². The summed E-state index contributed by atoms with van der Waals surface area (Å²) < 4.78 is 5.57. The molecule has 6 heteroatoms. The summed E-state index contributed by atoms with van der Waals surface area (Å²) in [5, 5.41) is 6.11. The van der Waals surface area contributed by atoms with Crippen LogP contribution in [0.25, 0.3) is 0 Å². The lowest BCUT2D eigenvalue weighted by Crippen LogP contribution is -2.13. The van der Waals surface area contributed by atoms with E-state index in [0.29, 0.717) is 5.82 Å². The van der Waals surface area contributed by atoms with Gasteiger partial charge in [0.25, 0.3) is 5.91 Å². The molecule has 1 amide bonds. The average Bonchev–Trinajstić information content (AvgIpc) is 2.74. The van der Waals surface area contributed by atoms with Crippen LogP contribution in [0.1, 0.15) is 10.5 Å². The molecule has 0 aliphatic carbocycles. The molecule has 0 unspecified atom stereocenters. The van der Waals surface area contributed by atoms with E-state index < -0.39 is 0 Å². The molecule has 0 atom stereocenters. The van der Waals surface area contributed by atoms with Crippen molar-refractivity contribution in [3.05, 3.63) is 39.9 Å². The largest absolute Gasteiger partial charge is 0.364 e. The highest BCUT2D eigenvalue weighted by Crippen LogP contribution is 2.08. The van der Waals surface area contributed by atoms with Crippen LogP contribution in [0, 0.1) is 3.57 Å². The molecule has 0 saturated heterocycles. The summed E-state index contributed by atoms with van der Waals surface area (Å²) in [7, 11) is 0. The first-order valence-corrected chi connectivity index (χ1v) is 5.17. The van der Waals surface area contributed by atoms with Crippen molar-refractivity contribution in [1.82, 2.24) is 10.1 Å². The van der Waals surface area contributed by atoms with E-state index in [9.17, 15) is 4.79 Å². The fraction of sp³-hybridized carbons (Fsp3) is 0. The highest BCUT2D eigenvalue weighted by Gasteiger charge is 2.09. The molecule has 15 heavy (non-hydrogen) atoms. The van der Waals surface area contributed by atoms with Gasteiger partial charge in [-0.05, 0) is 34.7 Å². The molecule has 0 spiro atoms. The standard InChI is InChI=1S/C9H6IN3O2/c10-6-1-2-8(11-5-6)12-9(14)7-3-4-15-13-7/h1-5H,(H,11,12,14). The number of nitrogens with zero attached hydrogens (tertiary/aromatic N) is 2. The summed E-state index contributed by atoms with van der Waals surface area (Å²) in [5.41, 5.74) is 0.232. The van der Waals surface area contributed by atoms with E-state index in [4.69, 9.17) is 0 Å². The second-order valence-corrected chi connectivity index (χ2v) is 3.95. The summed E-state index contributed by atoms with van der Waals surface area (Å²) in [6.45, 7) is 0. The summed E-state index contributed by atoms with van der Waals surface area (Å²) >= 11 is 2.14. The zero-order valence-corrected chi connectivity index (χ0v) is 9.63. The molecule has 0 saturated carbocycles. The predicted octanol–water partition coefficient (Wildman–Crippen LogP) is 1.93. The number of hydrogen-bond donors (Lipinski definition) is 1. The third-order valence-corrected chi connectivity index (χ3v) is 2.28. The minimum Gasteiger partial charge on any atom is -0.364 e. The van der Waals surface area contributed by atoms with E-state index in [1.165, 1.54) is 12.3 Å². The van der Waals surface area contributed by atoms with Crippen LogP contribution in [0.3, 0.4) is 0 Å². The molecule has 76 valence electrons. The average molecular weight is 315 g/mol. The molecule has 0 aromatic carbocycles. The number of pyridine rings is 1. The van der Waals surface area contributed by atoms with E-state index in [2.05, 4.69) is 42.6 Å². The zero-order chi connectivity index (χ0) is 10.7. The molecule has 0 aliphatic heterocycles. The lowest BCUT2D eigenvalue weighted by molar-refractivity contribution is 0.101. The Bertz CT molecular complexity index is 453. The molecule has 0 radical (unpaired) electrons. The molecular weight excluding hydrogens is 309 g/mol. The summed E-state index contributed by atoms with van der Waals surface area (Å²) in [6, 6.07) is 5.06. The van der Waals surface area contributed by atoms with Gasteiger partial charge in [-0.3, -0.25) is 4.79 Å². The van der Waals surface area contributed by atoms with Crippen LogP contribution in [-0.4, -0.2) is 16.0 Å².